The monoisotopic (exact) mass is 241 g/mol. The van der Waals surface area contributed by atoms with Gasteiger partial charge in [-0.2, -0.15) is 0 Å². The fourth-order valence-electron chi connectivity index (χ4n) is 2.66. The molecule has 0 amide bonds. The van der Waals surface area contributed by atoms with Crippen LogP contribution in [0.2, 0.25) is 0 Å². The van der Waals surface area contributed by atoms with Gasteiger partial charge in [-0.15, -0.1) is 0 Å². The number of hydrogen-bond acceptors (Lipinski definition) is 1. The van der Waals surface area contributed by atoms with Crippen molar-refractivity contribution in [2.24, 2.45) is 0 Å². The van der Waals surface area contributed by atoms with Crippen LogP contribution >= 0.6 is 0 Å². The topological polar surface area (TPSA) is 53.1 Å². The molecule has 0 saturated heterocycles. The number of H-pyrrole nitrogens is 1. The van der Waals surface area contributed by atoms with Gasteiger partial charge in [0.15, 0.2) is 0 Å². The van der Waals surface area contributed by atoms with Crippen molar-refractivity contribution in [3.63, 3.8) is 0 Å². The largest absolute Gasteiger partial charge is 0.478 e. The van der Waals surface area contributed by atoms with Crippen molar-refractivity contribution in [1.82, 2.24) is 4.98 Å². The second kappa shape index (κ2) is 4.33. The Morgan fingerprint density at radius 1 is 1.39 bits per heavy atom. The Hall–Kier alpha value is -2.03. The number of aromatic nitrogens is 1. The van der Waals surface area contributed by atoms with Crippen molar-refractivity contribution >= 4 is 16.9 Å². The molecular weight excluding hydrogens is 226 g/mol. The number of aromatic amines is 1. The predicted molar refractivity (Wildman–Crippen MR) is 71.0 cm³/mol. The number of carbonyl (C=O) groups is 1. The van der Waals surface area contributed by atoms with Crippen LogP contribution in [0.3, 0.4) is 0 Å². The number of allylic oxidation sites excluding steroid dienone is 2. The van der Waals surface area contributed by atoms with E-state index in [1.54, 1.807) is 12.1 Å². The second-order valence-corrected chi connectivity index (χ2v) is 4.78. The van der Waals surface area contributed by atoms with Gasteiger partial charge in [-0.3, -0.25) is 0 Å². The number of aromatic carboxylic acids is 1. The predicted octanol–water partition coefficient (Wildman–Crippen LogP) is 3.69. The van der Waals surface area contributed by atoms with Crippen LogP contribution in [0, 0.1) is 0 Å². The zero-order valence-corrected chi connectivity index (χ0v) is 10.0. The molecule has 1 atom stereocenters. The minimum Gasteiger partial charge on any atom is -0.478 e. The third kappa shape index (κ3) is 1.82. The average Bonchev–Trinajstić information content (AvgIpc) is 2.82. The lowest BCUT2D eigenvalue weighted by atomic mass is 9.89. The number of fused-ring (bicyclic) bond motifs is 1. The SMILES string of the molecule is O=C(O)c1ccc2c(C3C=CCCC3)c[nH]c2c1. The minimum atomic E-state index is -0.884. The molecule has 0 fully saturated rings. The smallest absolute Gasteiger partial charge is 0.335 e. The van der Waals surface area contributed by atoms with Crippen molar-refractivity contribution in [1.29, 1.82) is 0 Å². The van der Waals surface area contributed by atoms with E-state index in [0.717, 1.165) is 10.9 Å². The normalized spacial score (nSPS) is 19.2. The highest BCUT2D eigenvalue weighted by Crippen LogP contribution is 2.33. The first-order valence-corrected chi connectivity index (χ1v) is 6.26. The molecule has 0 aliphatic heterocycles. The van der Waals surface area contributed by atoms with Crippen LogP contribution in [0.4, 0.5) is 0 Å². The van der Waals surface area contributed by atoms with E-state index in [0.29, 0.717) is 11.5 Å². The van der Waals surface area contributed by atoms with Crippen LogP contribution in [0.15, 0.2) is 36.5 Å². The molecule has 3 heteroatoms. The Balaban J connectivity index is 2.06. The zero-order valence-electron chi connectivity index (χ0n) is 10.0. The maximum absolute atomic E-state index is 10.9. The van der Waals surface area contributed by atoms with Gasteiger partial charge in [0.05, 0.1) is 5.56 Å². The number of carboxylic acids is 1. The van der Waals surface area contributed by atoms with Crippen molar-refractivity contribution < 1.29 is 9.90 Å². The molecule has 1 aliphatic carbocycles. The summed E-state index contributed by atoms with van der Waals surface area (Å²) < 4.78 is 0. The Bertz CT molecular complexity index is 624. The van der Waals surface area contributed by atoms with Crippen molar-refractivity contribution in [3.8, 4) is 0 Å². The van der Waals surface area contributed by atoms with Gasteiger partial charge in [-0.25, -0.2) is 4.79 Å². The Kier molecular flexibility index (Phi) is 2.67. The molecule has 0 spiro atoms. The molecule has 0 saturated carbocycles. The Labute approximate surface area is 105 Å². The maximum atomic E-state index is 10.9. The molecule has 1 aromatic heterocycles. The van der Waals surface area contributed by atoms with Crippen LogP contribution in [0.5, 0.6) is 0 Å². The highest BCUT2D eigenvalue weighted by atomic mass is 16.4. The third-order valence-corrected chi connectivity index (χ3v) is 3.61. The fraction of sp³-hybridized carbons (Fsp3) is 0.267. The summed E-state index contributed by atoms with van der Waals surface area (Å²) in [5, 5.41) is 10.1. The highest BCUT2D eigenvalue weighted by Gasteiger charge is 2.15. The maximum Gasteiger partial charge on any atom is 0.335 e. The molecule has 0 radical (unpaired) electrons. The van der Waals surface area contributed by atoms with Crippen LogP contribution in [0.25, 0.3) is 10.9 Å². The highest BCUT2D eigenvalue weighted by molar-refractivity contribution is 5.94. The molecule has 3 rings (SSSR count). The van der Waals surface area contributed by atoms with Gasteiger partial charge in [-0.1, -0.05) is 18.2 Å². The van der Waals surface area contributed by atoms with E-state index >= 15 is 0 Å². The summed E-state index contributed by atoms with van der Waals surface area (Å²) in [6.07, 6.45) is 10.1. The second-order valence-electron chi connectivity index (χ2n) is 4.78. The van der Waals surface area contributed by atoms with Crippen molar-refractivity contribution in [2.45, 2.75) is 25.2 Å². The Morgan fingerprint density at radius 2 is 2.28 bits per heavy atom. The van der Waals surface area contributed by atoms with Crippen molar-refractivity contribution in [3.05, 3.63) is 47.7 Å². The van der Waals surface area contributed by atoms with Gasteiger partial charge < -0.3 is 10.1 Å². The number of rotatable bonds is 2. The summed E-state index contributed by atoms with van der Waals surface area (Å²) in [5.41, 5.74) is 2.51. The van der Waals surface area contributed by atoms with Gasteiger partial charge in [-0.05, 0) is 37.0 Å². The summed E-state index contributed by atoms with van der Waals surface area (Å²) in [6.45, 7) is 0. The van der Waals surface area contributed by atoms with E-state index in [1.165, 1.54) is 24.8 Å². The molecule has 2 N–H and O–H groups in total. The lowest BCUT2D eigenvalue weighted by molar-refractivity contribution is 0.0697. The summed E-state index contributed by atoms with van der Waals surface area (Å²) in [5.74, 6) is -0.422. The molecule has 1 aliphatic rings. The fourth-order valence-corrected chi connectivity index (χ4v) is 2.66. The zero-order chi connectivity index (χ0) is 12.5. The summed E-state index contributed by atoms with van der Waals surface area (Å²) in [7, 11) is 0. The van der Waals surface area contributed by atoms with Crippen molar-refractivity contribution in [2.75, 3.05) is 0 Å². The van der Waals surface area contributed by atoms with Gasteiger partial charge in [0.1, 0.15) is 0 Å². The third-order valence-electron chi connectivity index (χ3n) is 3.61. The number of nitrogens with one attached hydrogen (secondary N) is 1. The van der Waals surface area contributed by atoms with Gasteiger partial charge in [0.2, 0.25) is 0 Å². The molecule has 1 aromatic carbocycles. The first kappa shape index (κ1) is 11.1. The van der Waals surface area contributed by atoms with Crippen LogP contribution in [0.1, 0.15) is 41.1 Å². The first-order valence-electron chi connectivity index (χ1n) is 6.26. The summed E-state index contributed by atoms with van der Waals surface area (Å²) >= 11 is 0. The molecule has 0 bridgehead atoms. The van der Waals surface area contributed by atoms with Gasteiger partial charge in [0.25, 0.3) is 0 Å². The molecule has 2 aromatic rings. The van der Waals surface area contributed by atoms with E-state index in [2.05, 4.69) is 17.1 Å². The quantitative estimate of drug-likeness (QED) is 0.788. The molecule has 92 valence electrons. The molecule has 18 heavy (non-hydrogen) atoms. The van der Waals surface area contributed by atoms with E-state index in [1.807, 2.05) is 12.3 Å². The van der Waals surface area contributed by atoms with Gasteiger partial charge >= 0.3 is 5.97 Å². The molecule has 1 heterocycles. The van der Waals surface area contributed by atoms with E-state index in [9.17, 15) is 4.79 Å². The van der Waals surface area contributed by atoms with Crippen LogP contribution < -0.4 is 0 Å². The average molecular weight is 241 g/mol. The number of benzene rings is 1. The van der Waals surface area contributed by atoms with E-state index in [-0.39, 0.29) is 0 Å². The number of hydrogen-bond donors (Lipinski definition) is 2. The molecule has 1 unspecified atom stereocenters. The van der Waals surface area contributed by atoms with Crippen LogP contribution in [-0.4, -0.2) is 16.1 Å². The van der Waals surface area contributed by atoms with E-state index < -0.39 is 5.97 Å². The van der Waals surface area contributed by atoms with E-state index in [4.69, 9.17) is 5.11 Å². The van der Waals surface area contributed by atoms with Crippen LogP contribution in [-0.2, 0) is 0 Å². The Morgan fingerprint density at radius 3 is 3.00 bits per heavy atom. The summed E-state index contributed by atoms with van der Waals surface area (Å²) in [6, 6.07) is 5.29. The standard InChI is InChI=1S/C15H15NO2/c17-15(18)11-6-7-12-13(9-16-14(12)8-11)10-4-2-1-3-5-10/h2,4,6-10,16H,1,3,5H2,(H,17,18). The number of carboxylic acid groups (broad SMARTS) is 1. The summed E-state index contributed by atoms with van der Waals surface area (Å²) in [4.78, 5) is 14.1. The van der Waals surface area contributed by atoms with Gasteiger partial charge in [0, 0.05) is 23.0 Å². The lowest BCUT2D eigenvalue weighted by Gasteiger charge is -2.15. The first-order chi connectivity index (χ1) is 8.75. The molecule has 3 nitrogen and oxygen atoms in total. The lowest BCUT2D eigenvalue weighted by Crippen LogP contribution is -1.98. The minimum absolute atomic E-state index is 0.329. The molecular formula is C15H15NO2.